The van der Waals surface area contributed by atoms with E-state index in [1.165, 1.54) is 37.2 Å². The molecule has 10 heavy (non-hydrogen) atoms. The van der Waals surface area contributed by atoms with Crippen LogP contribution in [0.5, 0.6) is 0 Å². The number of alkyl halides is 1. The van der Waals surface area contributed by atoms with Crippen molar-refractivity contribution in [1.82, 2.24) is 0 Å². The average molecular weight is 181 g/mol. The minimum absolute atomic E-state index is 0.820. The highest BCUT2D eigenvalue weighted by Crippen LogP contribution is 2.07. The molecule has 0 amide bonds. The van der Waals surface area contributed by atoms with Crippen LogP contribution in [0.3, 0.4) is 0 Å². The molecule has 0 nitrogen and oxygen atoms in total. The third kappa shape index (κ3) is 8.64. The highest BCUT2D eigenvalue weighted by atomic mass is 35.5. The number of hydrogen-bond donors (Lipinski definition) is 0. The molecule has 62 valence electrons. The number of thioether (sulfide) groups is 1. The third-order valence-electron chi connectivity index (χ3n) is 1.31. The SMILES string of the molecule is CCCCCSCCCCl. The van der Waals surface area contributed by atoms with E-state index in [2.05, 4.69) is 6.92 Å². The van der Waals surface area contributed by atoms with Crippen molar-refractivity contribution >= 4 is 23.4 Å². The maximum atomic E-state index is 5.53. The Hall–Kier alpha value is 0.640. The number of hydrogen-bond acceptors (Lipinski definition) is 1. The van der Waals surface area contributed by atoms with Crippen LogP contribution >= 0.6 is 23.4 Å². The first-order valence-electron chi connectivity index (χ1n) is 4.05. The van der Waals surface area contributed by atoms with Crippen LogP contribution in [0.25, 0.3) is 0 Å². The summed E-state index contributed by atoms with van der Waals surface area (Å²) in [7, 11) is 0. The summed E-state index contributed by atoms with van der Waals surface area (Å²) in [6, 6.07) is 0. The predicted molar refractivity (Wildman–Crippen MR) is 52.2 cm³/mol. The van der Waals surface area contributed by atoms with Gasteiger partial charge in [-0.3, -0.25) is 0 Å². The zero-order valence-corrected chi connectivity index (χ0v) is 8.31. The van der Waals surface area contributed by atoms with Crippen LogP contribution in [0.1, 0.15) is 32.6 Å². The highest BCUT2D eigenvalue weighted by molar-refractivity contribution is 7.99. The smallest absolute Gasteiger partial charge is 0.0231 e. The summed E-state index contributed by atoms with van der Waals surface area (Å²) in [4.78, 5) is 0. The summed E-state index contributed by atoms with van der Waals surface area (Å²) in [6.07, 6.45) is 5.26. The van der Waals surface area contributed by atoms with Gasteiger partial charge in [-0.15, -0.1) is 11.6 Å². The minimum atomic E-state index is 0.820. The number of rotatable bonds is 7. The molecule has 0 atom stereocenters. The molecular formula is C8H17ClS. The molecular weight excluding hydrogens is 164 g/mol. The fourth-order valence-electron chi connectivity index (χ4n) is 0.713. The van der Waals surface area contributed by atoms with Crippen molar-refractivity contribution in [3.8, 4) is 0 Å². The van der Waals surface area contributed by atoms with E-state index in [9.17, 15) is 0 Å². The molecule has 0 aromatic heterocycles. The van der Waals surface area contributed by atoms with Crippen LogP contribution in [0.15, 0.2) is 0 Å². The van der Waals surface area contributed by atoms with Crippen LogP contribution in [0, 0.1) is 0 Å². The van der Waals surface area contributed by atoms with Gasteiger partial charge in [-0.1, -0.05) is 19.8 Å². The summed E-state index contributed by atoms with van der Waals surface area (Å²) in [5, 5.41) is 0. The molecule has 0 aliphatic carbocycles. The number of halogens is 1. The fraction of sp³-hybridized carbons (Fsp3) is 1.00. The molecule has 0 aliphatic heterocycles. The molecule has 0 saturated heterocycles. The monoisotopic (exact) mass is 180 g/mol. The maximum Gasteiger partial charge on any atom is 0.0231 e. The quantitative estimate of drug-likeness (QED) is 0.427. The standard InChI is InChI=1S/C8H17ClS/c1-2-3-4-7-10-8-5-6-9/h2-8H2,1H3. The normalized spacial score (nSPS) is 10.2. The lowest BCUT2D eigenvalue weighted by Gasteiger charge is -1.97. The Morgan fingerprint density at radius 2 is 1.80 bits per heavy atom. The lowest BCUT2D eigenvalue weighted by atomic mass is 10.3. The lowest BCUT2D eigenvalue weighted by Crippen LogP contribution is -1.84. The molecule has 0 bridgehead atoms. The van der Waals surface area contributed by atoms with Gasteiger partial charge in [-0.05, 0) is 24.3 Å². The topological polar surface area (TPSA) is 0 Å². The zero-order valence-electron chi connectivity index (χ0n) is 6.74. The van der Waals surface area contributed by atoms with Crippen molar-refractivity contribution in [3.05, 3.63) is 0 Å². The Bertz CT molecular complexity index is 49.2. The van der Waals surface area contributed by atoms with E-state index in [0.717, 1.165) is 5.88 Å². The van der Waals surface area contributed by atoms with Gasteiger partial charge < -0.3 is 0 Å². The van der Waals surface area contributed by atoms with Gasteiger partial charge in [0.15, 0.2) is 0 Å². The molecule has 0 rings (SSSR count). The molecule has 0 fully saturated rings. The van der Waals surface area contributed by atoms with Gasteiger partial charge in [0.1, 0.15) is 0 Å². The van der Waals surface area contributed by atoms with Gasteiger partial charge >= 0.3 is 0 Å². The van der Waals surface area contributed by atoms with E-state index in [1.54, 1.807) is 0 Å². The molecule has 0 aliphatic rings. The molecule has 0 unspecified atom stereocenters. The Labute approximate surface area is 73.7 Å². The van der Waals surface area contributed by atoms with Crippen LogP contribution in [-0.2, 0) is 0 Å². The van der Waals surface area contributed by atoms with Gasteiger partial charge in [0.2, 0.25) is 0 Å². The van der Waals surface area contributed by atoms with Gasteiger partial charge in [0.25, 0.3) is 0 Å². The van der Waals surface area contributed by atoms with Crippen LogP contribution in [0.2, 0.25) is 0 Å². The summed E-state index contributed by atoms with van der Waals surface area (Å²) < 4.78 is 0. The zero-order chi connectivity index (χ0) is 7.66. The van der Waals surface area contributed by atoms with Gasteiger partial charge in [-0.25, -0.2) is 0 Å². The molecule has 0 saturated carbocycles. The van der Waals surface area contributed by atoms with Crippen LogP contribution in [-0.4, -0.2) is 17.4 Å². The summed E-state index contributed by atoms with van der Waals surface area (Å²) in [5.41, 5.74) is 0. The van der Waals surface area contributed by atoms with Gasteiger partial charge in [-0.2, -0.15) is 11.8 Å². The van der Waals surface area contributed by atoms with E-state index in [-0.39, 0.29) is 0 Å². The Morgan fingerprint density at radius 3 is 2.40 bits per heavy atom. The molecule has 2 heteroatoms. The summed E-state index contributed by atoms with van der Waals surface area (Å²) in [6.45, 7) is 2.24. The van der Waals surface area contributed by atoms with Crippen molar-refractivity contribution in [1.29, 1.82) is 0 Å². The van der Waals surface area contributed by atoms with Crippen molar-refractivity contribution in [2.24, 2.45) is 0 Å². The molecule has 0 aromatic carbocycles. The summed E-state index contributed by atoms with van der Waals surface area (Å²) >= 11 is 7.56. The third-order valence-corrected chi connectivity index (χ3v) is 2.74. The average Bonchev–Trinajstić information content (AvgIpc) is 1.97. The van der Waals surface area contributed by atoms with Gasteiger partial charge in [0.05, 0.1) is 0 Å². The minimum Gasteiger partial charge on any atom is -0.162 e. The molecule has 0 radical (unpaired) electrons. The first-order valence-corrected chi connectivity index (χ1v) is 5.74. The van der Waals surface area contributed by atoms with Crippen molar-refractivity contribution in [3.63, 3.8) is 0 Å². The fourth-order valence-corrected chi connectivity index (χ4v) is 1.97. The molecule has 0 N–H and O–H groups in total. The largest absolute Gasteiger partial charge is 0.162 e. The Balaban J connectivity index is 2.65. The molecule has 0 aromatic rings. The highest BCUT2D eigenvalue weighted by Gasteiger charge is 1.88. The Kier molecular flexibility index (Phi) is 10.3. The van der Waals surface area contributed by atoms with E-state index < -0.39 is 0 Å². The second-order valence-corrected chi connectivity index (χ2v) is 3.96. The second-order valence-electron chi connectivity index (χ2n) is 2.36. The van der Waals surface area contributed by atoms with Crippen molar-refractivity contribution in [2.45, 2.75) is 32.6 Å². The van der Waals surface area contributed by atoms with Gasteiger partial charge in [0, 0.05) is 5.88 Å². The summed E-state index contributed by atoms with van der Waals surface area (Å²) in [5.74, 6) is 3.39. The van der Waals surface area contributed by atoms with Crippen LogP contribution < -0.4 is 0 Å². The second kappa shape index (κ2) is 9.64. The lowest BCUT2D eigenvalue weighted by molar-refractivity contribution is 0.778. The first-order chi connectivity index (χ1) is 4.91. The predicted octanol–water partition coefficient (Wildman–Crippen LogP) is 3.54. The van der Waals surface area contributed by atoms with E-state index >= 15 is 0 Å². The maximum absolute atomic E-state index is 5.53. The van der Waals surface area contributed by atoms with E-state index in [1.807, 2.05) is 11.8 Å². The molecule has 0 spiro atoms. The van der Waals surface area contributed by atoms with E-state index in [0.29, 0.717) is 0 Å². The van der Waals surface area contributed by atoms with E-state index in [4.69, 9.17) is 11.6 Å². The van der Waals surface area contributed by atoms with Crippen molar-refractivity contribution < 1.29 is 0 Å². The van der Waals surface area contributed by atoms with Crippen LogP contribution in [0.4, 0.5) is 0 Å². The Morgan fingerprint density at radius 1 is 1.10 bits per heavy atom. The first kappa shape index (κ1) is 10.6. The van der Waals surface area contributed by atoms with Crippen molar-refractivity contribution in [2.75, 3.05) is 17.4 Å². The number of unbranched alkanes of at least 4 members (excludes halogenated alkanes) is 2. The molecule has 0 heterocycles.